The van der Waals surface area contributed by atoms with Crippen LogP contribution in [-0.4, -0.2) is 5.11 Å². The van der Waals surface area contributed by atoms with Crippen LogP contribution in [0.1, 0.15) is 11.1 Å². The van der Waals surface area contributed by atoms with Gasteiger partial charge in [-0.25, -0.2) is 17.6 Å². The predicted molar refractivity (Wildman–Crippen MR) is 54.0 cm³/mol. The van der Waals surface area contributed by atoms with Gasteiger partial charge in [0.2, 0.25) is 0 Å². The van der Waals surface area contributed by atoms with Crippen LogP contribution >= 0.6 is 15.9 Å². The number of benzene rings is 1. The average molecular weight is 299 g/mol. The first kappa shape index (κ1) is 13.2. The molecule has 6 heteroatoms. The third-order valence-corrected chi connectivity index (χ3v) is 2.25. The lowest BCUT2D eigenvalue weighted by Gasteiger charge is -2.09. The van der Waals surface area contributed by atoms with Gasteiger partial charge in [-0.2, -0.15) is 0 Å². The molecule has 0 fully saturated rings. The quantitative estimate of drug-likeness (QED) is 0.671. The van der Waals surface area contributed by atoms with E-state index in [0.717, 1.165) is 0 Å². The molecule has 1 nitrogen and oxygen atoms in total. The molecule has 16 heavy (non-hydrogen) atoms. The molecule has 0 amide bonds. The fourth-order valence-electron chi connectivity index (χ4n) is 1.21. The van der Waals surface area contributed by atoms with Crippen LogP contribution < -0.4 is 0 Å². The summed E-state index contributed by atoms with van der Waals surface area (Å²) >= 11 is 2.84. The number of hydrogen-bond donors (Lipinski definition) is 1. The van der Waals surface area contributed by atoms with E-state index in [0.29, 0.717) is 0 Å². The molecule has 0 aromatic heterocycles. The van der Waals surface area contributed by atoms with Gasteiger partial charge in [0.25, 0.3) is 0 Å². The van der Waals surface area contributed by atoms with Crippen LogP contribution in [0, 0.1) is 23.3 Å². The van der Waals surface area contributed by atoms with E-state index < -0.39 is 41.0 Å². The van der Waals surface area contributed by atoms with Gasteiger partial charge in [-0.15, -0.1) is 0 Å². The average Bonchev–Trinajstić information content (AvgIpc) is 2.22. The largest absolute Gasteiger partial charge is 0.391 e. The molecular formula is C10H7BrF4O. The number of aliphatic hydroxyl groups is 1. The van der Waals surface area contributed by atoms with E-state index in [-0.39, 0.29) is 10.9 Å². The second kappa shape index (κ2) is 4.97. The van der Waals surface area contributed by atoms with E-state index in [9.17, 15) is 17.6 Å². The zero-order valence-electron chi connectivity index (χ0n) is 7.96. The highest BCUT2D eigenvalue weighted by Crippen LogP contribution is 2.26. The van der Waals surface area contributed by atoms with Crippen LogP contribution in [0.2, 0.25) is 0 Å². The molecule has 0 heterocycles. The summed E-state index contributed by atoms with van der Waals surface area (Å²) < 4.78 is 53.1. The fraction of sp³-hybridized carbons (Fsp3) is 0.200. The first-order chi connectivity index (χ1) is 7.40. The minimum atomic E-state index is -1.58. The third kappa shape index (κ3) is 2.27. The standard InChI is InChI=1S/C10H7BrF4O/c1-4(11)2-5-7(12)9(14)6(3-16)10(15)8(5)13/h16H,1-3H2. The minimum absolute atomic E-state index is 0.181. The first-order valence-electron chi connectivity index (χ1n) is 4.18. The highest BCUT2D eigenvalue weighted by atomic mass is 79.9. The maximum Gasteiger partial charge on any atom is 0.167 e. The summed E-state index contributed by atoms with van der Waals surface area (Å²) in [6.45, 7) is 2.21. The lowest BCUT2D eigenvalue weighted by molar-refractivity contribution is 0.262. The van der Waals surface area contributed by atoms with Gasteiger partial charge in [0.1, 0.15) is 0 Å². The van der Waals surface area contributed by atoms with Crippen LogP contribution in [0.3, 0.4) is 0 Å². The Kier molecular flexibility index (Phi) is 4.09. The van der Waals surface area contributed by atoms with Crippen molar-refractivity contribution in [1.29, 1.82) is 0 Å². The van der Waals surface area contributed by atoms with Crippen molar-refractivity contribution in [3.05, 3.63) is 45.5 Å². The zero-order chi connectivity index (χ0) is 12.5. The lowest BCUT2D eigenvalue weighted by Crippen LogP contribution is -2.08. The lowest BCUT2D eigenvalue weighted by atomic mass is 10.1. The van der Waals surface area contributed by atoms with Crippen molar-refractivity contribution >= 4 is 15.9 Å². The van der Waals surface area contributed by atoms with E-state index in [4.69, 9.17) is 5.11 Å². The molecule has 1 aromatic rings. The molecule has 0 unspecified atom stereocenters. The van der Waals surface area contributed by atoms with E-state index in [2.05, 4.69) is 22.5 Å². The summed E-state index contributed by atoms with van der Waals surface area (Å²) in [7, 11) is 0. The second-order valence-electron chi connectivity index (χ2n) is 3.07. The van der Waals surface area contributed by atoms with Crippen LogP contribution in [0.25, 0.3) is 0 Å². The zero-order valence-corrected chi connectivity index (χ0v) is 9.54. The predicted octanol–water partition coefficient (Wildman–Crippen LogP) is 3.19. The van der Waals surface area contributed by atoms with Gasteiger partial charge in [0.15, 0.2) is 23.3 Å². The van der Waals surface area contributed by atoms with Crippen LogP contribution in [0.4, 0.5) is 17.6 Å². The van der Waals surface area contributed by atoms with Crippen molar-refractivity contribution in [2.24, 2.45) is 0 Å². The van der Waals surface area contributed by atoms with Crippen LogP contribution in [-0.2, 0) is 13.0 Å². The van der Waals surface area contributed by atoms with Crippen molar-refractivity contribution < 1.29 is 22.7 Å². The number of halogens is 5. The number of rotatable bonds is 3. The number of hydrogen-bond acceptors (Lipinski definition) is 1. The smallest absolute Gasteiger partial charge is 0.167 e. The van der Waals surface area contributed by atoms with Crippen molar-refractivity contribution in [2.75, 3.05) is 0 Å². The van der Waals surface area contributed by atoms with Crippen molar-refractivity contribution in [3.63, 3.8) is 0 Å². The van der Waals surface area contributed by atoms with E-state index in [1.54, 1.807) is 0 Å². The summed E-state index contributed by atoms with van der Waals surface area (Å²) in [6, 6.07) is 0. The van der Waals surface area contributed by atoms with Gasteiger partial charge < -0.3 is 5.11 Å². The monoisotopic (exact) mass is 298 g/mol. The molecule has 0 saturated heterocycles. The maximum absolute atomic E-state index is 13.3. The number of allylic oxidation sites excluding steroid dienone is 1. The van der Waals surface area contributed by atoms with Gasteiger partial charge in [0.05, 0.1) is 12.2 Å². The highest BCUT2D eigenvalue weighted by Gasteiger charge is 2.24. The van der Waals surface area contributed by atoms with Crippen LogP contribution in [0.5, 0.6) is 0 Å². The van der Waals surface area contributed by atoms with Gasteiger partial charge in [-0.05, 0) is 4.48 Å². The third-order valence-electron chi connectivity index (χ3n) is 1.97. The van der Waals surface area contributed by atoms with Crippen LogP contribution in [0.15, 0.2) is 11.1 Å². The Hall–Kier alpha value is -0.880. The summed E-state index contributed by atoms with van der Waals surface area (Å²) in [5, 5.41) is 8.58. The van der Waals surface area contributed by atoms with Gasteiger partial charge >= 0.3 is 0 Å². The Labute approximate surface area is 97.5 Å². The molecule has 0 spiro atoms. The molecular weight excluding hydrogens is 292 g/mol. The van der Waals surface area contributed by atoms with E-state index in [1.165, 1.54) is 0 Å². The molecule has 0 bridgehead atoms. The van der Waals surface area contributed by atoms with Crippen molar-refractivity contribution in [1.82, 2.24) is 0 Å². The summed E-state index contributed by atoms with van der Waals surface area (Å²) in [5.41, 5.74) is -1.77. The minimum Gasteiger partial charge on any atom is -0.391 e. The van der Waals surface area contributed by atoms with Gasteiger partial charge in [0, 0.05) is 12.0 Å². The Morgan fingerprint density at radius 2 is 1.38 bits per heavy atom. The Morgan fingerprint density at radius 3 is 1.69 bits per heavy atom. The Bertz CT molecular complexity index is 416. The molecule has 0 atom stereocenters. The van der Waals surface area contributed by atoms with Gasteiger partial charge in [-0.3, -0.25) is 0 Å². The van der Waals surface area contributed by atoms with Crippen molar-refractivity contribution in [2.45, 2.75) is 13.0 Å². The molecule has 1 rings (SSSR count). The maximum atomic E-state index is 13.3. The molecule has 88 valence electrons. The summed E-state index contributed by atoms with van der Waals surface area (Å²) in [5.74, 6) is -6.18. The first-order valence-corrected chi connectivity index (χ1v) is 4.97. The topological polar surface area (TPSA) is 20.2 Å². The second-order valence-corrected chi connectivity index (χ2v) is 4.19. The molecule has 0 aliphatic carbocycles. The normalized spacial score (nSPS) is 10.6. The van der Waals surface area contributed by atoms with E-state index in [1.807, 2.05) is 0 Å². The Balaban J connectivity index is 3.47. The van der Waals surface area contributed by atoms with Crippen molar-refractivity contribution in [3.8, 4) is 0 Å². The molecule has 0 saturated carbocycles. The molecule has 0 aliphatic rings. The molecule has 1 N–H and O–H groups in total. The molecule has 0 aliphatic heterocycles. The van der Waals surface area contributed by atoms with E-state index >= 15 is 0 Å². The SMILES string of the molecule is C=C(Br)Cc1c(F)c(F)c(CO)c(F)c1F. The molecule has 0 radical (unpaired) electrons. The number of aliphatic hydroxyl groups excluding tert-OH is 1. The molecule has 1 aromatic carbocycles. The fourth-order valence-corrected chi connectivity index (χ4v) is 1.49. The van der Waals surface area contributed by atoms with Gasteiger partial charge in [-0.1, -0.05) is 22.5 Å². The summed E-state index contributed by atoms with van der Waals surface area (Å²) in [6.07, 6.45) is -0.378. The summed E-state index contributed by atoms with van der Waals surface area (Å²) in [4.78, 5) is 0. The highest BCUT2D eigenvalue weighted by molar-refractivity contribution is 9.11. The Morgan fingerprint density at radius 1 is 1.00 bits per heavy atom.